The van der Waals surface area contributed by atoms with Gasteiger partial charge in [0, 0.05) is 31.5 Å². The standard InChI is InChI=1S/C13H19N3O/c1-11(12-5-4-6-14-9-12)15-10-13(17)16-7-2-3-8-16/h4-6,9,11,15H,2-3,7-8,10H2,1H3. The monoisotopic (exact) mass is 233 g/mol. The van der Waals surface area contributed by atoms with E-state index in [2.05, 4.69) is 10.3 Å². The van der Waals surface area contributed by atoms with Gasteiger partial charge in [-0.05, 0) is 31.4 Å². The Morgan fingerprint density at radius 1 is 1.53 bits per heavy atom. The van der Waals surface area contributed by atoms with Crippen LogP contribution in [0.25, 0.3) is 0 Å². The van der Waals surface area contributed by atoms with E-state index in [9.17, 15) is 4.79 Å². The van der Waals surface area contributed by atoms with Crippen LogP contribution in [0.5, 0.6) is 0 Å². The smallest absolute Gasteiger partial charge is 0.236 e. The number of hydrogen-bond acceptors (Lipinski definition) is 3. The number of nitrogens with one attached hydrogen (secondary N) is 1. The zero-order chi connectivity index (χ0) is 12.1. The highest BCUT2D eigenvalue weighted by Crippen LogP contribution is 2.10. The molecule has 0 aromatic carbocycles. The van der Waals surface area contributed by atoms with Crippen molar-refractivity contribution in [3.8, 4) is 0 Å². The Balaban J connectivity index is 1.80. The molecule has 0 spiro atoms. The van der Waals surface area contributed by atoms with Gasteiger partial charge in [-0.3, -0.25) is 9.78 Å². The van der Waals surface area contributed by atoms with Gasteiger partial charge in [0.1, 0.15) is 0 Å². The Morgan fingerprint density at radius 3 is 2.94 bits per heavy atom. The van der Waals surface area contributed by atoms with Crippen LogP contribution in [0.3, 0.4) is 0 Å². The van der Waals surface area contributed by atoms with Gasteiger partial charge in [0.2, 0.25) is 5.91 Å². The van der Waals surface area contributed by atoms with Crippen molar-refractivity contribution in [2.45, 2.75) is 25.8 Å². The normalized spacial score (nSPS) is 17.1. The van der Waals surface area contributed by atoms with Crippen LogP contribution in [-0.4, -0.2) is 35.4 Å². The summed E-state index contributed by atoms with van der Waals surface area (Å²) in [4.78, 5) is 17.8. The molecular weight excluding hydrogens is 214 g/mol. The topological polar surface area (TPSA) is 45.2 Å². The molecule has 1 amide bonds. The Bertz CT molecular complexity index is 360. The SMILES string of the molecule is CC(NCC(=O)N1CCCC1)c1cccnc1. The number of carbonyl (C=O) groups excluding carboxylic acids is 1. The summed E-state index contributed by atoms with van der Waals surface area (Å²) in [5.41, 5.74) is 1.11. The molecule has 4 nitrogen and oxygen atoms in total. The van der Waals surface area contributed by atoms with Crippen molar-refractivity contribution < 1.29 is 4.79 Å². The molecule has 1 atom stereocenters. The van der Waals surface area contributed by atoms with Gasteiger partial charge in [-0.1, -0.05) is 6.07 Å². The van der Waals surface area contributed by atoms with Gasteiger partial charge >= 0.3 is 0 Å². The number of hydrogen-bond donors (Lipinski definition) is 1. The second-order valence-electron chi connectivity index (χ2n) is 4.48. The van der Waals surface area contributed by atoms with E-state index in [4.69, 9.17) is 0 Å². The lowest BCUT2D eigenvalue weighted by atomic mass is 10.1. The lowest BCUT2D eigenvalue weighted by Gasteiger charge is -2.18. The third kappa shape index (κ3) is 3.27. The fraction of sp³-hybridized carbons (Fsp3) is 0.538. The molecule has 1 aromatic rings. The molecule has 4 heteroatoms. The Kier molecular flexibility index (Phi) is 4.09. The molecular formula is C13H19N3O. The summed E-state index contributed by atoms with van der Waals surface area (Å²) in [5.74, 6) is 0.207. The van der Waals surface area contributed by atoms with Gasteiger partial charge in [-0.2, -0.15) is 0 Å². The van der Waals surface area contributed by atoms with Crippen molar-refractivity contribution >= 4 is 5.91 Å². The van der Waals surface area contributed by atoms with Gasteiger partial charge in [0.15, 0.2) is 0 Å². The van der Waals surface area contributed by atoms with Crippen molar-refractivity contribution in [1.29, 1.82) is 0 Å². The second kappa shape index (κ2) is 5.77. The van der Waals surface area contributed by atoms with Crippen LogP contribution < -0.4 is 5.32 Å². The van der Waals surface area contributed by atoms with E-state index in [0.717, 1.165) is 31.5 Å². The van der Waals surface area contributed by atoms with E-state index in [1.165, 1.54) is 0 Å². The molecule has 0 saturated carbocycles. The minimum atomic E-state index is 0.162. The van der Waals surface area contributed by atoms with Gasteiger partial charge in [-0.25, -0.2) is 0 Å². The number of rotatable bonds is 4. The van der Waals surface area contributed by atoms with E-state index in [1.54, 1.807) is 6.20 Å². The number of carbonyl (C=O) groups is 1. The number of pyridine rings is 1. The highest BCUT2D eigenvalue weighted by atomic mass is 16.2. The van der Waals surface area contributed by atoms with Crippen molar-refractivity contribution in [2.24, 2.45) is 0 Å². The van der Waals surface area contributed by atoms with Crippen LogP contribution in [0.1, 0.15) is 31.4 Å². The average Bonchev–Trinajstić information content (AvgIpc) is 2.90. The van der Waals surface area contributed by atoms with Crippen molar-refractivity contribution in [3.05, 3.63) is 30.1 Å². The van der Waals surface area contributed by atoms with Gasteiger partial charge in [0.05, 0.1) is 6.54 Å². The summed E-state index contributed by atoms with van der Waals surface area (Å²) in [5, 5.41) is 3.24. The van der Waals surface area contributed by atoms with Crippen molar-refractivity contribution in [3.63, 3.8) is 0 Å². The van der Waals surface area contributed by atoms with Crippen molar-refractivity contribution in [1.82, 2.24) is 15.2 Å². The summed E-state index contributed by atoms with van der Waals surface area (Å²) < 4.78 is 0. The van der Waals surface area contributed by atoms with Crippen LogP contribution in [0, 0.1) is 0 Å². The highest BCUT2D eigenvalue weighted by molar-refractivity contribution is 5.78. The fourth-order valence-corrected chi connectivity index (χ4v) is 2.07. The Morgan fingerprint density at radius 2 is 2.29 bits per heavy atom. The largest absolute Gasteiger partial charge is 0.342 e. The molecule has 0 bridgehead atoms. The number of likely N-dealkylation sites (tertiary alicyclic amines) is 1. The van der Waals surface area contributed by atoms with E-state index in [1.807, 2.05) is 30.2 Å². The zero-order valence-electron chi connectivity index (χ0n) is 10.2. The van der Waals surface area contributed by atoms with E-state index < -0.39 is 0 Å². The first-order valence-corrected chi connectivity index (χ1v) is 6.18. The molecule has 17 heavy (non-hydrogen) atoms. The summed E-state index contributed by atoms with van der Waals surface area (Å²) in [6, 6.07) is 4.09. The molecule has 2 rings (SSSR count). The molecule has 0 radical (unpaired) electrons. The van der Waals surface area contributed by atoms with Crippen LogP contribution >= 0.6 is 0 Å². The molecule has 1 aromatic heterocycles. The van der Waals surface area contributed by atoms with Crippen LogP contribution in [0.2, 0.25) is 0 Å². The molecule has 0 aliphatic carbocycles. The predicted molar refractivity (Wildman–Crippen MR) is 66.5 cm³/mol. The lowest BCUT2D eigenvalue weighted by molar-refractivity contribution is -0.129. The minimum absolute atomic E-state index is 0.162. The molecule has 1 aliphatic rings. The van der Waals surface area contributed by atoms with Crippen LogP contribution in [0.15, 0.2) is 24.5 Å². The van der Waals surface area contributed by atoms with Crippen molar-refractivity contribution in [2.75, 3.05) is 19.6 Å². The minimum Gasteiger partial charge on any atom is -0.342 e. The molecule has 92 valence electrons. The van der Waals surface area contributed by atoms with Gasteiger partial charge in [0.25, 0.3) is 0 Å². The van der Waals surface area contributed by atoms with Gasteiger partial charge in [-0.15, -0.1) is 0 Å². The molecule has 1 N–H and O–H groups in total. The quantitative estimate of drug-likeness (QED) is 0.854. The maximum atomic E-state index is 11.8. The first-order valence-electron chi connectivity index (χ1n) is 6.18. The van der Waals surface area contributed by atoms with Crippen LogP contribution in [-0.2, 0) is 4.79 Å². The number of aromatic nitrogens is 1. The summed E-state index contributed by atoms with van der Waals surface area (Å²) in [6.07, 6.45) is 5.87. The maximum Gasteiger partial charge on any atom is 0.236 e. The third-order valence-electron chi connectivity index (χ3n) is 3.20. The second-order valence-corrected chi connectivity index (χ2v) is 4.48. The molecule has 1 fully saturated rings. The summed E-state index contributed by atoms with van der Waals surface area (Å²) in [6.45, 7) is 4.30. The Labute approximate surface area is 102 Å². The number of nitrogens with zero attached hydrogens (tertiary/aromatic N) is 2. The predicted octanol–water partition coefficient (Wildman–Crippen LogP) is 1.35. The molecule has 1 unspecified atom stereocenters. The number of amides is 1. The van der Waals surface area contributed by atoms with Gasteiger partial charge < -0.3 is 10.2 Å². The van der Waals surface area contributed by atoms with Crippen LogP contribution in [0.4, 0.5) is 0 Å². The Hall–Kier alpha value is -1.42. The first-order chi connectivity index (χ1) is 8.27. The van der Waals surface area contributed by atoms with E-state index in [-0.39, 0.29) is 11.9 Å². The summed E-state index contributed by atoms with van der Waals surface area (Å²) in [7, 11) is 0. The van der Waals surface area contributed by atoms with E-state index in [0.29, 0.717) is 6.54 Å². The average molecular weight is 233 g/mol. The van der Waals surface area contributed by atoms with E-state index >= 15 is 0 Å². The highest BCUT2D eigenvalue weighted by Gasteiger charge is 2.18. The molecule has 1 aliphatic heterocycles. The molecule has 1 saturated heterocycles. The lowest BCUT2D eigenvalue weighted by Crippen LogP contribution is -2.37. The molecule has 2 heterocycles. The first kappa shape index (κ1) is 12.0. The maximum absolute atomic E-state index is 11.8. The fourth-order valence-electron chi connectivity index (χ4n) is 2.07. The summed E-state index contributed by atoms with van der Waals surface area (Å²) >= 11 is 0. The third-order valence-corrected chi connectivity index (χ3v) is 3.20. The zero-order valence-corrected chi connectivity index (χ0v) is 10.2.